The molecule has 0 atom stereocenters. The van der Waals surface area contributed by atoms with Crippen LogP contribution < -0.4 is 5.32 Å². The van der Waals surface area contributed by atoms with Gasteiger partial charge in [0.15, 0.2) is 0 Å². The second-order valence-electron chi connectivity index (χ2n) is 7.63. The lowest BCUT2D eigenvalue weighted by Crippen LogP contribution is -2.20. The van der Waals surface area contributed by atoms with Gasteiger partial charge < -0.3 is 5.32 Å². The number of likely N-dealkylation sites (tertiary alicyclic amines) is 1. The van der Waals surface area contributed by atoms with Crippen LogP contribution in [0, 0.1) is 12.7 Å². The number of anilines is 1. The third-order valence-electron chi connectivity index (χ3n) is 5.40. The largest absolute Gasteiger partial charge is 0.322 e. The average molecular weight is 427 g/mol. The van der Waals surface area contributed by atoms with Gasteiger partial charge >= 0.3 is 0 Å². The number of para-hydroxylation sites is 1. The molecular formula is C23H24ClFN4O. The SMILES string of the molecule is Cc1nn(Cc2ccc(F)cc2)c(Cl)c1C(=O)Nc1ccccc1CN1CCCC1. The number of carbonyl (C=O) groups is 1. The van der Waals surface area contributed by atoms with Crippen molar-refractivity contribution in [2.24, 2.45) is 0 Å². The van der Waals surface area contributed by atoms with Gasteiger partial charge in [-0.2, -0.15) is 5.10 Å². The van der Waals surface area contributed by atoms with Gasteiger partial charge in [0.2, 0.25) is 0 Å². The fourth-order valence-electron chi connectivity index (χ4n) is 3.83. The third-order valence-corrected chi connectivity index (χ3v) is 5.78. The minimum absolute atomic E-state index is 0.270. The Balaban J connectivity index is 1.53. The number of carbonyl (C=O) groups excluding carboxylic acids is 1. The van der Waals surface area contributed by atoms with E-state index in [9.17, 15) is 9.18 Å². The van der Waals surface area contributed by atoms with E-state index in [-0.39, 0.29) is 16.9 Å². The highest BCUT2D eigenvalue weighted by Gasteiger charge is 2.22. The molecule has 5 nitrogen and oxygen atoms in total. The molecule has 1 aromatic heterocycles. The van der Waals surface area contributed by atoms with E-state index in [1.165, 1.54) is 25.0 Å². The minimum Gasteiger partial charge on any atom is -0.322 e. The zero-order valence-electron chi connectivity index (χ0n) is 16.9. The number of aromatic nitrogens is 2. The second-order valence-corrected chi connectivity index (χ2v) is 7.99. The number of aryl methyl sites for hydroxylation is 1. The summed E-state index contributed by atoms with van der Waals surface area (Å²) in [5, 5.41) is 7.70. The van der Waals surface area contributed by atoms with Gasteiger partial charge in [0.05, 0.1) is 17.8 Å². The van der Waals surface area contributed by atoms with Gasteiger partial charge in [-0.15, -0.1) is 0 Å². The summed E-state index contributed by atoms with van der Waals surface area (Å²) >= 11 is 6.51. The van der Waals surface area contributed by atoms with Crippen molar-refractivity contribution in [3.05, 3.63) is 81.9 Å². The summed E-state index contributed by atoms with van der Waals surface area (Å²) in [6, 6.07) is 14.0. The normalized spacial score (nSPS) is 14.2. The van der Waals surface area contributed by atoms with Crippen LogP contribution in [0.4, 0.5) is 10.1 Å². The Bertz CT molecular complexity index is 1040. The van der Waals surface area contributed by atoms with Gasteiger partial charge in [0.25, 0.3) is 5.91 Å². The molecule has 30 heavy (non-hydrogen) atoms. The average Bonchev–Trinajstić information content (AvgIpc) is 3.33. The van der Waals surface area contributed by atoms with Crippen LogP contribution in [-0.2, 0) is 13.1 Å². The fraction of sp³-hybridized carbons (Fsp3) is 0.304. The molecule has 0 saturated carbocycles. The molecule has 1 saturated heterocycles. The third kappa shape index (κ3) is 4.55. The molecule has 0 aliphatic carbocycles. The monoisotopic (exact) mass is 426 g/mol. The number of hydrogen-bond donors (Lipinski definition) is 1. The lowest BCUT2D eigenvalue weighted by atomic mass is 10.1. The van der Waals surface area contributed by atoms with E-state index < -0.39 is 0 Å². The number of amides is 1. The van der Waals surface area contributed by atoms with E-state index in [4.69, 9.17) is 11.6 Å². The smallest absolute Gasteiger partial charge is 0.260 e. The number of hydrogen-bond acceptors (Lipinski definition) is 3. The number of benzene rings is 2. The predicted molar refractivity (Wildman–Crippen MR) is 116 cm³/mol. The van der Waals surface area contributed by atoms with Crippen LogP contribution in [0.5, 0.6) is 0 Å². The maximum Gasteiger partial charge on any atom is 0.260 e. The Morgan fingerprint density at radius 3 is 2.53 bits per heavy atom. The Morgan fingerprint density at radius 1 is 1.10 bits per heavy atom. The molecule has 156 valence electrons. The summed E-state index contributed by atoms with van der Waals surface area (Å²) in [4.78, 5) is 15.4. The second kappa shape index (κ2) is 8.98. The van der Waals surface area contributed by atoms with Crippen LogP contribution in [0.25, 0.3) is 0 Å². The molecule has 3 aromatic rings. The van der Waals surface area contributed by atoms with Gasteiger partial charge in [0, 0.05) is 12.2 Å². The molecule has 2 aromatic carbocycles. The first kappa shape index (κ1) is 20.6. The van der Waals surface area contributed by atoms with Crippen molar-refractivity contribution in [3.63, 3.8) is 0 Å². The highest BCUT2D eigenvalue weighted by atomic mass is 35.5. The molecule has 0 spiro atoms. The van der Waals surface area contributed by atoms with E-state index in [1.54, 1.807) is 23.7 Å². The molecular weight excluding hydrogens is 403 g/mol. The quantitative estimate of drug-likeness (QED) is 0.611. The van der Waals surface area contributed by atoms with Gasteiger partial charge in [-0.1, -0.05) is 41.9 Å². The molecule has 1 N–H and O–H groups in total. The zero-order valence-corrected chi connectivity index (χ0v) is 17.6. The number of nitrogens with zero attached hydrogens (tertiary/aromatic N) is 3. The summed E-state index contributed by atoms with van der Waals surface area (Å²) in [6.07, 6.45) is 2.44. The molecule has 1 amide bonds. The van der Waals surface area contributed by atoms with Crippen LogP contribution in [-0.4, -0.2) is 33.7 Å². The lowest BCUT2D eigenvalue weighted by Gasteiger charge is -2.17. The van der Waals surface area contributed by atoms with Gasteiger partial charge in [0.1, 0.15) is 11.0 Å². The van der Waals surface area contributed by atoms with Crippen molar-refractivity contribution in [1.82, 2.24) is 14.7 Å². The van der Waals surface area contributed by atoms with E-state index in [2.05, 4.69) is 15.3 Å². The first-order valence-electron chi connectivity index (χ1n) is 10.1. The van der Waals surface area contributed by atoms with E-state index in [1.807, 2.05) is 24.3 Å². The number of nitrogens with one attached hydrogen (secondary N) is 1. The summed E-state index contributed by atoms with van der Waals surface area (Å²) in [5.74, 6) is -0.578. The Kier molecular flexibility index (Phi) is 6.16. The minimum atomic E-state index is -0.297. The summed E-state index contributed by atoms with van der Waals surface area (Å²) in [5.41, 5.74) is 3.63. The van der Waals surface area contributed by atoms with Crippen molar-refractivity contribution >= 4 is 23.2 Å². The summed E-state index contributed by atoms with van der Waals surface area (Å²) in [7, 11) is 0. The zero-order chi connectivity index (χ0) is 21.1. The highest BCUT2D eigenvalue weighted by molar-refractivity contribution is 6.33. The van der Waals surface area contributed by atoms with Crippen LogP contribution in [0.3, 0.4) is 0 Å². The molecule has 1 aliphatic rings. The number of halogens is 2. The van der Waals surface area contributed by atoms with Crippen molar-refractivity contribution in [1.29, 1.82) is 0 Å². The first-order chi connectivity index (χ1) is 14.5. The Morgan fingerprint density at radius 2 is 1.80 bits per heavy atom. The Labute approximate surface area is 180 Å². The maximum atomic E-state index is 13.1. The molecule has 0 radical (unpaired) electrons. The van der Waals surface area contributed by atoms with Crippen molar-refractivity contribution in [3.8, 4) is 0 Å². The van der Waals surface area contributed by atoms with E-state index in [0.29, 0.717) is 17.8 Å². The van der Waals surface area contributed by atoms with Crippen LogP contribution in [0.15, 0.2) is 48.5 Å². The fourth-order valence-corrected chi connectivity index (χ4v) is 4.15. The van der Waals surface area contributed by atoms with E-state index >= 15 is 0 Å². The number of rotatable bonds is 6. The summed E-state index contributed by atoms with van der Waals surface area (Å²) < 4.78 is 14.7. The topological polar surface area (TPSA) is 50.2 Å². The predicted octanol–water partition coefficient (Wildman–Crippen LogP) is 4.88. The molecule has 0 bridgehead atoms. The standard InChI is InChI=1S/C23H24ClFN4O/c1-16-21(22(24)29(27-16)14-17-8-10-19(25)11-9-17)23(30)26-20-7-3-2-6-18(20)15-28-12-4-5-13-28/h2-3,6-11H,4-5,12-15H2,1H3,(H,26,30). The summed E-state index contributed by atoms with van der Waals surface area (Å²) in [6.45, 7) is 5.11. The van der Waals surface area contributed by atoms with Crippen molar-refractivity contribution < 1.29 is 9.18 Å². The van der Waals surface area contributed by atoms with Gasteiger partial charge in [-0.3, -0.25) is 9.69 Å². The van der Waals surface area contributed by atoms with Crippen LogP contribution in [0.2, 0.25) is 5.15 Å². The molecule has 4 rings (SSSR count). The molecule has 1 aliphatic heterocycles. The maximum absolute atomic E-state index is 13.1. The lowest BCUT2D eigenvalue weighted by molar-refractivity contribution is 0.102. The van der Waals surface area contributed by atoms with Gasteiger partial charge in [-0.25, -0.2) is 9.07 Å². The van der Waals surface area contributed by atoms with Gasteiger partial charge in [-0.05, 0) is 62.2 Å². The first-order valence-corrected chi connectivity index (χ1v) is 10.5. The van der Waals surface area contributed by atoms with Crippen LogP contribution in [0.1, 0.15) is 40.0 Å². The van der Waals surface area contributed by atoms with Crippen molar-refractivity contribution in [2.75, 3.05) is 18.4 Å². The van der Waals surface area contributed by atoms with Crippen LogP contribution >= 0.6 is 11.6 Å². The van der Waals surface area contributed by atoms with E-state index in [0.717, 1.165) is 36.4 Å². The molecule has 7 heteroatoms. The molecule has 1 fully saturated rings. The highest BCUT2D eigenvalue weighted by Crippen LogP contribution is 2.25. The van der Waals surface area contributed by atoms with Crippen molar-refractivity contribution in [2.45, 2.75) is 32.9 Å². The molecule has 2 heterocycles. The Hall–Kier alpha value is -2.70. The molecule has 0 unspecified atom stereocenters.